The summed E-state index contributed by atoms with van der Waals surface area (Å²) < 4.78 is 0. The number of hydrogen-bond donors (Lipinski definition) is 2. The van der Waals surface area contributed by atoms with Crippen molar-refractivity contribution >= 4 is 40.3 Å². The number of rotatable bonds is 18. The van der Waals surface area contributed by atoms with Crippen LogP contribution in [0, 0.1) is 22.7 Å². The van der Waals surface area contributed by atoms with Gasteiger partial charge in [0.25, 0.3) is 5.91 Å². The Kier molecular flexibility index (Phi) is 14.7. The van der Waals surface area contributed by atoms with Gasteiger partial charge >= 0.3 is 0 Å². The second-order valence-electron chi connectivity index (χ2n) is 17.9. The molecule has 1 aromatic rings. The Labute approximate surface area is 337 Å². The van der Waals surface area contributed by atoms with Crippen LogP contribution < -0.4 is 10.2 Å². The van der Waals surface area contributed by atoms with Crippen LogP contribution in [0.4, 0.5) is 11.4 Å². The molecule has 8 heteroatoms. The highest BCUT2D eigenvalue weighted by atomic mass is 16.3. The number of carbonyl (C=O) groups is 3. The molecule has 0 atom stereocenters. The highest BCUT2D eigenvalue weighted by molar-refractivity contribution is 6.42. The van der Waals surface area contributed by atoms with Gasteiger partial charge in [0.05, 0.1) is 22.5 Å². The number of aliphatic imine (C=N–C) groups is 1. The smallest absolute Gasteiger partial charge is 0.251 e. The molecule has 0 radical (unpaired) electrons. The first-order chi connectivity index (χ1) is 26.7. The maximum atomic E-state index is 14.3. The molecule has 2 amide bonds. The first-order valence-corrected chi connectivity index (χ1v) is 22.0. The number of anilines is 2. The standard InChI is InChI=1S/C48H70N4O4/c1-9-47(5,6)45(55)49-39-31-35(51(11-3)29-17-23-33-19-13-14-20-33)25-27-37(39)41-43(53)42(44(41)54)38-28-26-36(32-40(38)50-46(56)48(7,8)10-2)52(12-4)30-18-24-34-21-15-16-22-34/h25-28,31-34,53H,9-24,29-30H2,1-8H3,(H,49,55)/b42-38+,50-40?. The predicted molar refractivity (Wildman–Crippen MR) is 232 cm³/mol. The van der Waals surface area contributed by atoms with Crippen LogP contribution in [-0.4, -0.2) is 59.5 Å². The molecule has 0 spiro atoms. The Balaban J connectivity index is 1.50. The quantitative estimate of drug-likeness (QED) is 0.144. The molecule has 0 aromatic heterocycles. The zero-order valence-electron chi connectivity index (χ0n) is 35.9. The van der Waals surface area contributed by atoms with E-state index >= 15 is 0 Å². The van der Waals surface area contributed by atoms with E-state index in [4.69, 9.17) is 0 Å². The molecule has 0 unspecified atom stereocenters. The average molecular weight is 767 g/mol. The van der Waals surface area contributed by atoms with E-state index in [1.807, 2.05) is 78.0 Å². The molecule has 0 heterocycles. The topological polar surface area (TPSA) is 102 Å². The molecule has 0 aliphatic heterocycles. The van der Waals surface area contributed by atoms with Crippen LogP contribution >= 0.6 is 0 Å². The van der Waals surface area contributed by atoms with E-state index in [2.05, 4.69) is 34.0 Å². The third kappa shape index (κ3) is 9.95. The molecule has 56 heavy (non-hydrogen) atoms. The van der Waals surface area contributed by atoms with Gasteiger partial charge in [0.2, 0.25) is 11.7 Å². The van der Waals surface area contributed by atoms with E-state index in [-0.39, 0.29) is 34.5 Å². The fourth-order valence-electron chi connectivity index (χ4n) is 8.52. The van der Waals surface area contributed by atoms with E-state index < -0.39 is 10.8 Å². The second-order valence-corrected chi connectivity index (χ2v) is 17.9. The summed E-state index contributed by atoms with van der Waals surface area (Å²) in [5.74, 6) is 0.759. The summed E-state index contributed by atoms with van der Waals surface area (Å²) in [6.45, 7) is 19.3. The largest absolute Gasteiger partial charge is 0.506 e. The minimum atomic E-state index is -0.680. The van der Waals surface area contributed by atoms with E-state index in [9.17, 15) is 19.5 Å². The zero-order chi connectivity index (χ0) is 40.6. The van der Waals surface area contributed by atoms with Crippen LogP contribution in [0.25, 0.3) is 5.57 Å². The van der Waals surface area contributed by atoms with Gasteiger partial charge in [0.15, 0.2) is 0 Å². The predicted octanol–water partition coefficient (Wildman–Crippen LogP) is 11.2. The molecule has 2 N–H and O–H groups in total. The normalized spacial score (nSPS) is 20.2. The SMILES string of the molecule is CCN(CCCC1CCCC1)C1=CC(=NC(=O)C(C)(C)CC)/C(=C2/C(=O)C(c3ccc(N(CC)CCCC4CCCC4)cc3NC(=O)C(C)(C)CC)=C2O)C=C1. The van der Waals surface area contributed by atoms with Gasteiger partial charge in [-0.3, -0.25) is 14.4 Å². The van der Waals surface area contributed by atoms with Gasteiger partial charge in [-0.15, -0.1) is 0 Å². The van der Waals surface area contributed by atoms with E-state index in [0.717, 1.165) is 62.2 Å². The van der Waals surface area contributed by atoms with Gasteiger partial charge in [0, 0.05) is 59.5 Å². The van der Waals surface area contributed by atoms with Crippen LogP contribution in [0.15, 0.2) is 64.0 Å². The number of likely N-dealkylation sites (N-methyl/N-ethyl adjacent to an activating group) is 1. The Bertz CT molecular complexity index is 1760. The number of aliphatic hydroxyl groups excluding tert-OH is 1. The molecule has 5 rings (SSSR count). The summed E-state index contributed by atoms with van der Waals surface area (Å²) in [7, 11) is 0. The minimum Gasteiger partial charge on any atom is -0.506 e. The van der Waals surface area contributed by atoms with Crippen molar-refractivity contribution in [2.75, 3.05) is 36.4 Å². The zero-order valence-corrected chi connectivity index (χ0v) is 35.9. The number of carbonyl (C=O) groups excluding carboxylic acids is 3. The first-order valence-electron chi connectivity index (χ1n) is 22.0. The van der Waals surface area contributed by atoms with Crippen LogP contribution in [0.1, 0.15) is 151 Å². The summed E-state index contributed by atoms with van der Waals surface area (Å²) in [4.78, 5) is 50.8. The highest BCUT2D eigenvalue weighted by Gasteiger charge is 2.40. The minimum absolute atomic E-state index is 0.142. The van der Waals surface area contributed by atoms with Crippen LogP contribution in [0.3, 0.4) is 0 Å². The van der Waals surface area contributed by atoms with Gasteiger partial charge in [-0.05, 0) is 101 Å². The lowest BCUT2D eigenvalue weighted by molar-refractivity contribution is -0.126. The number of nitrogens with zero attached hydrogens (tertiary/aromatic N) is 3. The molecule has 0 saturated heterocycles. The second kappa shape index (κ2) is 19.0. The molecule has 2 saturated carbocycles. The average Bonchev–Trinajstić information content (AvgIpc) is 3.92. The Morgan fingerprint density at radius 2 is 1.38 bits per heavy atom. The van der Waals surface area contributed by atoms with Crippen molar-refractivity contribution in [3.63, 3.8) is 0 Å². The third-order valence-corrected chi connectivity index (χ3v) is 13.4. The van der Waals surface area contributed by atoms with Crippen molar-refractivity contribution in [2.24, 2.45) is 27.7 Å². The highest BCUT2D eigenvalue weighted by Crippen LogP contribution is 2.43. The number of benzene rings is 1. The van der Waals surface area contributed by atoms with Crippen molar-refractivity contribution in [2.45, 2.75) is 145 Å². The van der Waals surface area contributed by atoms with Crippen molar-refractivity contribution in [1.82, 2.24) is 4.90 Å². The van der Waals surface area contributed by atoms with Crippen LogP contribution in [-0.2, 0) is 14.4 Å². The molecule has 1 aromatic carbocycles. The summed E-state index contributed by atoms with van der Waals surface area (Å²) in [6, 6.07) is 5.81. The molecule has 4 aliphatic carbocycles. The van der Waals surface area contributed by atoms with Gasteiger partial charge in [-0.2, -0.15) is 0 Å². The van der Waals surface area contributed by atoms with Crippen molar-refractivity contribution in [1.29, 1.82) is 0 Å². The molecule has 306 valence electrons. The summed E-state index contributed by atoms with van der Waals surface area (Å²) in [5, 5.41) is 15.0. The Morgan fingerprint density at radius 1 is 0.804 bits per heavy atom. The van der Waals surface area contributed by atoms with Crippen molar-refractivity contribution in [3.05, 3.63) is 64.6 Å². The molecular formula is C48H70N4O4. The summed E-state index contributed by atoms with van der Waals surface area (Å²) >= 11 is 0. The summed E-state index contributed by atoms with van der Waals surface area (Å²) in [6.07, 6.45) is 22.3. The van der Waals surface area contributed by atoms with E-state index in [0.29, 0.717) is 35.4 Å². The number of nitrogens with one attached hydrogen (secondary N) is 1. The van der Waals surface area contributed by atoms with Crippen molar-refractivity contribution in [3.8, 4) is 0 Å². The Morgan fingerprint density at radius 3 is 1.91 bits per heavy atom. The number of allylic oxidation sites excluding steroid dienone is 6. The number of amides is 2. The van der Waals surface area contributed by atoms with Gasteiger partial charge < -0.3 is 20.2 Å². The van der Waals surface area contributed by atoms with Gasteiger partial charge in [0.1, 0.15) is 5.76 Å². The maximum Gasteiger partial charge on any atom is 0.251 e. The van der Waals surface area contributed by atoms with Gasteiger partial charge in [-0.25, -0.2) is 4.99 Å². The molecular weight excluding hydrogens is 697 g/mol. The van der Waals surface area contributed by atoms with Gasteiger partial charge in [-0.1, -0.05) is 92.9 Å². The number of hydrogen-bond acceptors (Lipinski definition) is 6. The van der Waals surface area contributed by atoms with Crippen molar-refractivity contribution < 1.29 is 19.5 Å². The first kappa shape index (κ1) is 43.2. The third-order valence-electron chi connectivity index (χ3n) is 13.4. The summed E-state index contributed by atoms with van der Waals surface area (Å²) in [5.41, 5.74) is 2.75. The number of Topliss-reactive ketones (excluding diaryl/α,β-unsaturated/α-hetero) is 1. The lowest BCUT2D eigenvalue weighted by atomic mass is 9.78. The molecule has 2 fully saturated rings. The van der Waals surface area contributed by atoms with Crippen LogP contribution in [0.2, 0.25) is 0 Å². The van der Waals surface area contributed by atoms with E-state index in [1.54, 1.807) is 0 Å². The fourth-order valence-corrected chi connectivity index (χ4v) is 8.52. The lowest BCUT2D eigenvalue weighted by Crippen LogP contribution is -2.32. The van der Waals surface area contributed by atoms with Crippen LogP contribution in [0.5, 0.6) is 0 Å². The lowest BCUT2D eigenvalue weighted by Gasteiger charge is -2.31. The van der Waals surface area contributed by atoms with E-state index in [1.165, 1.54) is 64.2 Å². The number of ketones is 1. The molecule has 0 bridgehead atoms. The monoisotopic (exact) mass is 767 g/mol. The molecule has 8 nitrogen and oxygen atoms in total. The fraction of sp³-hybridized carbons (Fsp3) is 0.625. The number of aliphatic hydroxyl groups is 1. The maximum absolute atomic E-state index is 14.3. The molecule has 4 aliphatic rings. The Hall–Kier alpha value is -3.94.